The molecule has 6 nitrogen and oxygen atoms in total. The van der Waals surface area contributed by atoms with Crippen molar-refractivity contribution in [3.8, 4) is 0 Å². The SMILES string of the molecule is CCOC(=O)c1ccnc(NC)c1.CO.COC. The van der Waals surface area contributed by atoms with Gasteiger partial charge in [0.15, 0.2) is 0 Å². The van der Waals surface area contributed by atoms with Crippen molar-refractivity contribution in [1.29, 1.82) is 0 Å². The zero-order valence-corrected chi connectivity index (χ0v) is 11.6. The number of methoxy groups -OCH3 is 1. The average Bonchev–Trinajstić information content (AvgIpc) is 2.42. The Morgan fingerprint density at radius 3 is 2.44 bits per heavy atom. The second kappa shape index (κ2) is 13.4. The van der Waals surface area contributed by atoms with E-state index in [1.807, 2.05) is 0 Å². The Morgan fingerprint density at radius 1 is 1.44 bits per heavy atom. The molecule has 1 rings (SSSR count). The summed E-state index contributed by atoms with van der Waals surface area (Å²) in [4.78, 5) is 15.2. The molecule has 0 unspecified atom stereocenters. The second-order valence-corrected chi connectivity index (χ2v) is 2.81. The lowest BCUT2D eigenvalue weighted by Gasteiger charge is -2.02. The number of aliphatic hydroxyl groups excluding tert-OH is 1. The zero-order chi connectivity index (χ0) is 14.4. The van der Waals surface area contributed by atoms with Crippen molar-refractivity contribution >= 4 is 11.8 Å². The third kappa shape index (κ3) is 8.49. The first kappa shape index (κ1) is 18.7. The monoisotopic (exact) mass is 258 g/mol. The van der Waals surface area contributed by atoms with Crippen molar-refractivity contribution in [3.63, 3.8) is 0 Å². The van der Waals surface area contributed by atoms with Gasteiger partial charge in [-0.2, -0.15) is 0 Å². The van der Waals surface area contributed by atoms with Gasteiger partial charge in [0.25, 0.3) is 0 Å². The topological polar surface area (TPSA) is 80.7 Å². The predicted octanol–water partition coefficient (Wildman–Crippen LogP) is 1.17. The van der Waals surface area contributed by atoms with Crippen LogP contribution in [0.3, 0.4) is 0 Å². The van der Waals surface area contributed by atoms with E-state index in [1.54, 1.807) is 46.5 Å². The Bertz CT molecular complexity index is 319. The van der Waals surface area contributed by atoms with Gasteiger partial charge in [-0.3, -0.25) is 0 Å². The highest BCUT2D eigenvalue weighted by Crippen LogP contribution is 2.06. The average molecular weight is 258 g/mol. The Morgan fingerprint density at radius 2 is 2.00 bits per heavy atom. The Kier molecular flexibility index (Phi) is 13.9. The molecule has 1 aromatic rings. The minimum atomic E-state index is -0.318. The van der Waals surface area contributed by atoms with E-state index in [1.165, 1.54) is 0 Å². The number of nitrogens with zero attached hydrogens (tertiary/aromatic N) is 1. The van der Waals surface area contributed by atoms with Crippen molar-refractivity contribution in [2.24, 2.45) is 0 Å². The lowest BCUT2D eigenvalue weighted by Crippen LogP contribution is -2.05. The van der Waals surface area contributed by atoms with Gasteiger partial charge in [0.2, 0.25) is 0 Å². The van der Waals surface area contributed by atoms with Crippen LogP contribution in [0.5, 0.6) is 0 Å². The van der Waals surface area contributed by atoms with Crippen molar-refractivity contribution in [2.75, 3.05) is 40.3 Å². The number of rotatable bonds is 3. The number of carbonyl (C=O) groups is 1. The van der Waals surface area contributed by atoms with E-state index in [4.69, 9.17) is 9.84 Å². The first-order valence-corrected chi connectivity index (χ1v) is 5.35. The fourth-order valence-electron chi connectivity index (χ4n) is 0.909. The molecule has 2 N–H and O–H groups in total. The number of nitrogens with one attached hydrogen (secondary N) is 1. The molecule has 0 amide bonds. The van der Waals surface area contributed by atoms with Crippen LogP contribution >= 0.6 is 0 Å². The number of hydrogen-bond acceptors (Lipinski definition) is 6. The summed E-state index contributed by atoms with van der Waals surface area (Å²) in [5.41, 5.74) is 0.515. The normalized spacial score (nSPS) is 8.11. The van der Waals surface area contributed by atoms with Crippen molar-refractivity contribution in [2.45, 2.75) is 6.92 Å². The molecule has 0 aliphatic heterocycles. The number of ether oxygens (including phenoxy) is 2. The molecule has 0 fully saturated rings. The van der Waals surface area contributed by atoms with Crippen LogP contribution in [0, 0.1) is 0 Å². The predicted molar refractivity (Wildman–Crippen MR) is 70.8 cm³/mol. The maximum absolute atomic E-state index is 11.2. The first-order valence-electron chi connectivity index (χ1n) is 5.35. The first-order chi connectivity index (χ1) is 8.69. The van der Waals surface area contributed by atoms with Crippen molar-refractivity contribution < 1.29 is 19.4 Å². The molecule has 0 aromatic carbocycles. The van der Waals surface area contributed by atoms with Crippen LogP contribution in [0.15, 0.2) is 18.3 Å². The van der Waals surface area contributed by atoms with Crippen molar-refractivity contribution in [1.82, 2.24) is 4.98 Å². The lowest BCUT2D eigenvalue weighted by atomic mass is 10.2. The van der Waals surface area contributed by atoms with Gasteiger partial charge < -0.3 is 19.9 Å². The number of pyridine rings is 1. The fourth-order valence-corrected chi connectivity index (χ4v) is 0.909. The van der Waals surface area contributed by atoms with Crippen LogP contribution < -0.4 is 5.32 Å². The molecule has 0 aliphatic carbocycles. The number of aromatic nitrogens is 1. The maximum Gasteiger partial charge on any atom is 0.338 e. The fraction of sp³-hybridized carbons (Fsp3) is 0.500. The van der Waals surface area contributed by atoms with Crippen LogP contribution in [0.2, 0.25) is 0 Å². The maximum atomic E-state index is 11.2. The van der Waals surface area contributed by atoms with Gasteiger partial charge in [-0.05, 0) is 19.1 Å². The van der Waals surface area contributed by atoms with Gasteiger partial charge in [-0.25, -0.2) is 9.78 Å². The van der Waals surface area contributed by atoms with Crippen LogP contribution in [0.4, 0.5) is 5.82 Å². The summed E-state index contributed by atoms with van der Waals surface area (Å²) in [7, 11) is 6.00. The van der Waals surface area contributed by atoms with E-state index in [0.29, 0.717) is 18.0 Å². The third-order valence-electron chi connectivity index (χ3n) is 1.53. The molecular formula is C12H22N2O4. The molecular weight excluding hydrogens is 236 g/mol. The number of hydrogen-bond donors (Lipinski definition) is 2. The highest BCUT2D eigenvalue weighted by Gasteiger charge is 2.06. The highest BCUT2D eigenvalue weighted by atomic mass is 16.5. The number of aliphatic hydroxyl groups is 1. The molecule has 18 heavy (non-hydrogen) atoms. The van der Waals surface area contributed by atoms with E-state index >= 15 is 0 Å². The van der Waals surface area contributed by atoms with Gasteiger partial charge in [0.1, 0.15) is 5.82 Å². The van der Waals surface area contributed by atoms with E-state index in [9.17, 15) is 4.79 Å². The number of anilines is 1. The van der Waals surface area contributed by atoms with Gasteiger partial charge in [0.05, 0.1) is 12.2 Å². The Hall–Kier alpha value is -1.66. The van der Waals surface area contributed by atoms with Gasteiger partial charge in [-0.15, -0.1) is 0 Å². The van der Waals surface area contributed by atoms with Crippen LogP contribution in [-0.2, 0) is 9.47 Å². The lowest BCUT2D eigenvalue weighted by molar-refractivity contribution is 0.0526. The summed E-state index contributed by atoms with van der Waals surface area (Å²) in [6, 6.07) is 3.27. The quantitative estimate of drug-likeness (QED) is 0.792. The summed E-state index contributed by atoms with van der Waals surface area (Å²) in [5.74, 6) is 0.340. The van der Waals surface area contributed by atoms with Gasteiger partial charge in [-0.1, -0.05) is 0 Å². The molecule has 0 aliphatic rings. The molecule has 0 spiro atoms. The van der Waals surface area contributed by atoms with Crippen LogP contribution in [0.1, 0.15) is 17.3 Å². The van der Waals surface area contributed by atoms with E-state index in [0.717, 1.165) is 7.11 Å². The van der Waals surface area contributed by atoms with Gasteiger partial charge >= 0.3 is 5.97 Å². The Labute approximate surface area is 108 Å². The number of esters is 1. The van der Waals surface area contributed by atoms with E-state index < -0.39 is 0 Å². The summed E-state index contributed by atoms with van der Waals surface area (Å²) in [6.45, 7) is 2.16. The molecule has 0 radical (unpaired) electrons. The van der Waals surface area contributed by atoms with E-state index in [2.05, 4.69) is 15.0 Å². The second-order valence-electron chi connectivity index (χ2n) is 2.81. The third-order valence-corrected chi connectivity index (χ3v) is 1.53. The smallest absolute Gasteiger partial charge is 0.338 e. The van der Waals surface area contributed by atoms with Gasteiger partial charge in [0, 0.05) is 34.6 Å². The van der Waals surface area contributed by atoms with Crippen LogP contribution in [0.25, 0.3) is 0 Å². The molecule has 6 heteroatoms. The molecule has 0 atom stereocenters. The standard InChI is InChI=1S/C9H12N2O2.C2H6O.CH4O/c1-3-13-9(12)7-4-5-11-8(6-7)10-2;1-3-2;1-2/h4-6H,3H2,1-2H3,(H,10,11);1-2H3;2H,1H3. The summed E-state index contributed by atoms with van der Waals surface area (Å²) >= 11 is 0. The summed E-state index contributed by atoms with van der Waals surface area (Å²) in [6.07, 6.45) is 1.57. The Balaban J connectivity index is 0. The zero-order valence-electron chi connectivity index (χ0n) is 11.6. The van der Waals surface area contributed by atoms with Crippen molar-refractivity contribution in [3.05, 3.63) is 23.9 Å². The minimum absolute atomic E-state index is 0.318. The molecule has 0 saturated heterocycles. The highest BCUT2D eigenvalue weighted by molar-refractivity contribution is 5.90. The van der Waals surface area contributed by atoms with Crippen LogP contribution in [-0.4, -0.2) is 51.0 Å². The molecule has 0 saturated carbocycles. The summed E-state index contributed by atoms with van der Waals surface area (Å²) < 4.78 is 9.08. The summed E-state index contributed by atoms with van der Waals surface area (Å²) in [5, 5.41) is 9.85. The number of carbonyl (C=O) groups excluding carboxylic acids is 1. The molecule has 1 heterocycles. The molecule has 104 valence electrons. The largest absolute Gasteiger partial charge is 0.462 e. The minimum Gasteiger partial charge on any atom is -0.462 e. The molecule has 1 aromatic heterocycles. The van der Waals surface area contributed by atoms with E-state index in [-0.39, 0.29) is 5.97 Å². The molecule has 0 bridgehead atoms.